The molecule has 1 fully saturated rings. The Balaban J connectivity index is 2.52. The lowest BCUT2D eigenvalue weighted by atomic mass is 9.88. The van der Waals surface area contributed by atoms with E-state index in [0.717, 1.165) is 19.1 Å². The lowest BCUT2D eigenvalue weighted by Gasteiger charge is -2.40. The van der Waals surface area contributed by atoms with E-state index in [-0.39, 0.29) is 5.41 Å². The molecule has 0 amide bonds. The number of methoxy groups -OCH3 is 1. The Kier molecular flexibility index (Phi) is 6.61. The molecule has 108 valence electrons. The number of nitrogens with zero attached hydrogens (tertiary/aromatic N) is 1. The van der Waals surface area contributed by atoms with Crippen LogP contribution in [0.15, 0.2) is 0 Å². The monoisotopic (exact) mass is 256 g/mol. The summed E-state index contributed by atoms with van der Waals surface area (Å²) in [6, 6.07) is 0.738. The Morgan fingerprint density at radius 3 is 2.28 bits per heavy atom. The van der Waals surface area contributed by atoms with Gasteiger partial charge in [0.25, 0.3) is 0 Å². The van der Waals surface area contributed by atoms with Gasteiger partial charge in [-0.2, -0.15) is 0 Å². The Morgan fingerprint density at radius 2 is 1.83 bits per heavy atom. The SMILES string of the molecule is CCCN(CC(C)(C)CN)C1CCC(OC)CC1. The molecule has 0 aliphatic heterocycles. The third kappa shape index (κ3) is 4.87. The van der Waals surface area contributed by atoms with Crippen molar-refractivity contribution in [2.45, 2.75) is 65.0 Å². The minimum Gasteiger partial charge on any atom is -0.381 e. The summed E-state index contributed by atoms with van der Waals surface area (Å²) in [5, 5.41) is 0. The zero-order chi connectivity index (χ0) is 13.6. The van der Waals surface area contributed by atoms with Gasteiger partial charge in [0.05, 0.1) is 6.10 Å². The van der Waals surface area contributed by atoms with Crippen LogP contribution in [0, 0.1) is 5.41 Å². The second-order valence-electron chi connectivity index (χ2n) is 6.51. The van der Waals surface area contributed by atoms with Gasteiger partial charge in [-0.25, -0.2) is 0 Å². The van der Waals surface area contributed by atoms with Gasteiger partial charge < -0.3 is 10.5 Å². The van der Waals surface area contributed by atoms with Gasteiger partial charge in [-0.3, -0.25) is 4.90 Å². The average Bonchev–Trinajstić information content (AvgIpc) is 2.38. The van der Waals surface area contributed by atoms with E-state index >= 15 is 0 Å². The third-order valence-corrected chi connectivity index (χ3v) is 4.19. The standard InChI is InChI=1S/C15H32N2O/c1-5-10-17(12-15(2,3)11-16)13-6-8-14(18-4)9-7-13/h13-14H,5-12,16H2,1-4H3. The highest BCUT2D eigenvalue weighted by Crippen LogP contribution is 2.27. The van der Waals surface area contributed by atoms with Crippen LogP contribution in [0.5, 0.6) is 0 Å². The first-order chi connectivity index (χ1) is 8.52. The number of hydrogen-bond donors (Lipinski definition) is 1. The highest BCUT2D eigenvalue weighted by atomic mass is 16.5. The van der Waals surface area contributed by atoms with Crippen LogP contribution in [-0.4, -0.2) is 43.8 Å². The summed E-state index contributed by atoms with van der Waals surface area (Å²) >= 11 is 0. The van der Waals surface area contributed by atoms with Crippen molar-refractivity contribution in [3.8, 4) is 0 Å². The topological polar surface area (TPSA) is 38.5 Å². The van der Waals surface area contributed by atoms with Crippen LogP contribution in [0.4, 0.5) is 0 Å². The smallest absolute Gasteiger partial charge is 0.0572 e. The minimum absolute atomic E-state index is 0.229. The predicted molar refractivity (Wildman–Crippen MR) is 77.8 cm³/mol. The molecule has 0 aromatic carbocycles. The number of hydrogen-bond acceptors (Lipinski definition) is 3. The van der Waals surface area contributed by atoms with Gasteiger partial charge in [0, 0.05) is 19.7 Å². The molecule has 18 heavy (non-hydrogen) atoms. The molecule has 1 aliphatic rings. The van der Waals surface area contributed by atoms with Crippen molar-refractivity contribution in [1.29, 1.82) is 0 Å². The predicted octanol–water partition coefficient (Wildman–Crippen LogP) is 2.64. The first-order valence-corrected chi connectivity index (χ1v) is 7.49. The normalized spacial score (nSPS) is 25.7. The Bertz CT molecular complexity index is 223. The third-order valence-electron chi connectivity index (χ3n) is 4.19. The summed E-state index contributed by atoms with van der Waals surface area (Å²) < 4.78 is 5.46. The molecule has 1 saturated carbocycles. The Labute approximate surface area is 113 Å². The van der Waals surface area contributed by atoms with Crippen LogP contribution in [-0.2, 0) is 4.74 Å². The zero-order valence-electron chi connectivity index (χ0n) is 12.7. The second-order valence-corrected chi connectivity index (χ2v) is 6.51. The summed E-state index contributed by atoms with van der Waals surface area (Å²) in [5.41, 5.74) is 6.11. The summed E-state index contributed by atoms with van der Waals surface area (Å²) in [5.74, 6) is 0. The second kappa shape index (κ2) is 7.46. The highest BCUT2D eigenvalue weighted by molar-refractivity contribution is 4.83. The van der Waals surface area contributed by atoms with Gasteiger partial charge in [-0.1, -0.05) is 20.8 Å². The molecule has 0 heterocycles. The van der Waals surface area contributed by atoms with Gasteiger partial charge >= 0.3 is 0 Å². The molecule has 0 saturated heterocycles. The molecule has 0 radical (unpaired) electrons. The van der Waals surface area contributed by atoms with Crippen LogP contribution < -0.4 is 5.73 Å². The van der Waals surface area contributed by atoms with Crippen molar-refractivity contribution in [2.24, 2.45) is 11.1 Å². The Hall–Kier alpha value is -0.120. The molecule has 0 aromatic rings. The van der Waals surface area contributed by atoms with Crippen molar-refractivity contribution in [3.63, 3.8) is 0 Å². The van der Waals surface area contributed by atoms with Crippen LogP contribution in [0.3, 0.4) is 0 Å². The van der Waals surface area contributed by atoms with E-state index in [1.165, 1.54) is 38.6 Å². The fraction of sp³-hybridized carbons (Fsp3) is 1.00. The van der Waals surface area contributed by atoms with E-state index in [0.29, 0.717) is 6.10 Å². The van der Waals surface area contributed by atoms with Crippen molar-refractivity contribution in [2.75, 3.05) is 26.7 Å². The maximum absolute atomic E-state index is 5.88. The zero-order valence-corrected chi connectivity index (χ0v) is 12.7. The molecule has 3 heteroatoms. The van der Waals surface area contributed by atoms with Gasteiger partial charge in [-0.15, -0.1) is 0 Å². The first kappa shape index (κ1) is 15.9. The number of rotatable bonds is 7. The molecule has 1 rings (SSSR count). The molecule has 0 aromatic heterocycles. The molecule has 0 atom stereocenters. The summed E-state index contributed by atoms with van der Waals surface area (Å²) in [6.45, 7) is 9.90. The molecule has 0 unspecified atom stereocenters. The largest absolute Gasteiger partial charge is 0.381 e. The van der Waals surface area contributed by atoms with E-state index in [4.69, 9.17) is 10.5 Å². The van der Waals surface area contributed by atoms with E-state index < -0.39 is 0 Å². The number of ether oxygens (including phenoxy) is 1. The van der Waals surface area contributed by atoms with Crippen LogP contribution >= 0.6 is 0 Å². The van der Waals surface area contributed by atoms with Crippen molar-refractivity contribution in [1.82, 2.24) is 4.90 Å². The lowest BCUT2D eigenvalue weighted by Crippen LogP contribution is -2.46. The van der Waals surface area contributed by atoms with Crippen molar-refractivity contribution >= 4 is 0 Å². The average molecular weight is 256 g/mol. The fourth-order valence-corrected chi connectivity index (χ4v) is 2.94. The van der Waals surface area contributed by atoms with Crippen LogP contribution in [0.1, 0.15) is 52.9 Å². The van der Waals surface area contributed by atoms with Gasteiger partial charge in [-0.05, 0) is 50.6 Å². The van der Waals surface area contributed by atoms with E-state index in [1.54, 1.807) is 0 Å². The quantitative estimate of drug-likeness (QED) is 0.761. The van der Waals surface area contributed by atoms with Gasteiger partial charge in [0.2, 0.25) is 0 Å². The Morgan fingerprint density at radius 1 is 1.22 bits per heavy atom. The summed E-state index contributed by atoms with van der Waals surface area (Å²) in [7, 11) is 1.84. The molecule has 3 nitrogen and oxygen atoms in total. The lowest BCUT2D eigenvalue weighted by molar-refractivity contribution is 0.0292. The van der Waals surface area contributed by atoms with Crippen LogP contribution in [0.2, 0.25) is 0 Å². The first-order valence-electron chi connectivity index (χ1n) is 7.49. The van der Waals surface area contributed by atoms with E-state index in [2.05, 4.69) is 25.7 Å². The molecule has 0 bridgehead atoms. The molecular weight excluding hydrogens is 224 g/mol. The van der Waals surface area contributed by atoms with Gasteiger partial charge in [0.1, 0.15) is 0 Å². The van der Waals surface area contributed by atoms with Crippen molar-refractivity contribution in [3.05, 3.63) is 0 Å². The molecule has 0 spiro atoms. The maximum atomic E-state index is 5.88. The minimum atomic E-state index is 0.229. The summed E-state index contributed by atoms with van der Waals surface area (Å²) in [4.78, 5) is 2.67. The molecule has 2 N–H and O–H groups in total. The summed E-state index contributed by atoms with van der Waals surface area (Å²) in [6.07, 6.45) is 6.70. The van der Waals surface area contributed by atoms with Crippen molar-refractivity contribution < 1.29 is 4.74 Å². The molecular formula is C15H32N2O. The van der Waals surface area contributed by atoms with Crippen LogP contribution in [0.25, 0.3) is 0 Å². The number of nitrogens with two attached hydrogens (primary N) is 1. The highest BCUT2D eigenvalue weighted by Gasteiger charge is 2.28. The fourth-order valence-electron chi connectivity index (χ4n) is 2.94. The van der Waals surface area contributed by atoms with E-state index in [1.807, 2.05) is 7.11 Å². The van der Waals surface area contributed by atoms with Gasteiger partial charge in [0.15, 0.2) is 0 Å². The molecule has 1 aliphatic carbocycles. The van der Waals surface area contributed by atoms with E-state index in [9.17, 15) is 0 Å². The maximum Gasteiger partial charge on any atom is 0.0572 e.